The van der Waals surface area contributed by atoms with Crippen LogP contribution in [0.3, 0.4) is 0 Å². The highest BCUT2D eigenvalue weighted by atomic mass is 32.2. The van der Waals surface area contributed by atoms with E-state index in [0.29, 0.717) is 0 Å². The summed E-state index contributed by atoms with van der Waals surface area (Å²) in [5.41, 5.74) is 5.70. The van der Waals surface area contributed by atoms with Gasteiger partial charge < -0.3 is 19.6 Å². The lowest BCUT2D eigenvalue weighted by Crippen LogP contribution is -2.26. The molecule has 2 heterocycles. The largest absolute Gasteiger partial charge is 0.468 e. The zero-order valence-electron chi connectivity index (χ0n) is 17.7. The smallest absolute Gasteiger partial charge is 0.344 e. The Bertz CT molecular complexity index is 1010. The standard InChI is InChI=1S/C18H23N5O7S/c1-6-29-16(27)13-12(9(3)24)10(4)30-15(13)20-14(26)8(2)23-17(19)21-22-18(23)31-7-11(25)28-5/h8H,6-7H2,1-5H3,(H2,19,21)(H,20,26). The maximum absolute atomic E-state index is 12.9. The molecule has 12 nitrogen and oxygen atoms in total. The number of thioether (sulfide) groups is 1. The fraction of sp³-hybridized carbons (Fsp3) is 0.444. The molecule has 0 bridgehead atoms. The average Bonchev–Trinajstić information content (AvgIpc) is 3.24. The number of methoxy groups -OCH3 is 1. The topological polar surface area (TPSA) is 169 Å². The van der Waals surface area contributed by atoms with Crippen LogP contribution in [-0.2, 0) is 19.1 Å². The summed E-state index contributed by atoms with van der Waals surface area (Å²) in [6.45, 7) is 5.97. The molecule has 0 aliphatic heterocycles. The first-order chi connectivity index (χ1) is 14.6. The molecule has 1 unspecified atom stereocenters. The number of rotatable bonds is 9. The first kappa shape index (κ1) is 23.9. The van der Waals surface area contributed by atoms with Crippen LogP contribution in [-0.4, -0.2) is 57.9 Å². The number of carbonyl (C=O) groups is 4. The minimum Gasteiger partial charge on any atom is -0.468 e. The number of carbonyl (C=O) groups excluding carboxylic acids is 4. The number of hydrogen-bond acceptors (Lipinski definition) is 11. The molecule has 0 aliphatic rings. The van der Waals surface area contributed by atoms with Gasteiger partial charge in [-0.05, 0) is 27.7 Å². The monoisotopic (exact) mass is 453 g/mol. The van der Waals surface area contributed by atoms with Crippen molar-refractivity contribution in [3.63, 3.8) is 0 Å². The van der Waals surface area contributed by atoms with E-state index in [1.54, 1.807) is 6.92 Å². The number of nitrogen functional groups attached to an aromatic ring is 1. The predicted octanol–water partition coefficient (Wildman–Crippen LogP) is 1.61. The Labute approximate surface area is 181 Å². The lowest BCUT2D eigenvalue weighted by molar-refractivity contribution is -0.137. The lowest BCUT2D eigenvalue weighted by atomic mass is 10.1. The summed E-state index contributed by atoms with van der Waals surface area (Å²) in [4.78, 5) is 48.7. The molecule has 0 radical (unpaired) electrons. The summed E-state index contributed by atoms with van der Waals surface area (Å²) in [5, 5.41) is 10.3. The molecule has 168 valence electrons. The molecule has 0 saturated heterocycles. The Morgan fingerprint density at radius 2 is 1.94 bits per heavy atom. The second-order valence-electron chi connectivity index (χ2n) is 6.25. The van der Waals surface area contributed by atoms with E-state index < -0.39 is 29.7 Å². The molecule has 1 atom stereocenters. The Morgan fingerprint density at radius 1 is 1.26 bits per heavy atom. The summed E-state index contributed by atoms with van der Waals surface area (Å²) in [7, 11) is 1.25. The molecule has 0 aromatic carbocycles. The minimum atomic E-state index is -0.948. The fourth-order valence-corrected chi connectivity index (χ4v) is 3.58. The third kappa shape index (κ3) is 5.23. The van der Waals surface area contributed by atoms with Gasteiger partial charge in [0, 0.05) is 0 Å². The number of aromatic nitrogens is 3. The molecule has 3 N–H and O–H groups in total. The summed E-state index contributed by atoms with van der Waals surface area (Å²) in [6, 6.07) is -0.948. The van der Waals surface area contributed by atoms with Crippen LogP contribution >= 0.6 is 11.8 Å². The van der Waals surface area contributed by atoms with E-state index in [9.17, 15) is 19.2 Å². The van der Waals surface area contributed by atoms with Gasteiger partial charge in [0.1, 0.15) is 17.4 Å². The van der Waals surface area contributed by atoms with Crippen molar-refractivity contribution in [2.24, 2.45) is 0 Å². The van der Waals surface area contributed by atoms with Gasteiger partial charge in [-0.1, -0.05) is 11.8 Å². The molecule has 0 fully saturated rings. The second-order valence-corrected chi connectivity index (χ2v) is 7.20. The average molecular weight is 453 g/mol. The van der Waals surface area contributed by atoms with Gasteiger partial charge in [-0.3, -0.25) is 24.3 Å². The van der Waals surface area contributed by atoms with Crippen molar-refractivity contribution in [2.45, 2.75) is 38.9 Å². The highest BCUT2D eigenvalue weighted by molar-refractivity contribution is 7.99. The Hall–Kier alpha value is -3.35. The van der Waals surface area contributed by atoms with Gasteiger partial charge in [-0.2, -0.15) is 0 Å². The van der Waals surface area contributed by atoms with Crippen molar-refractivity contribution in [1.82, 2.24) is 14.8 Å². The van der Waals surface area contributed by atoms with Crippen LogP contribution in [0.4, 0.5) is 11.8 Å². The van der Waals surface area contributed by atoms with Crippen molar-refractivity contribution in [2.75, 3.05) is 30.5 Å². The van der Waals surface area contributed by atoms with E-state index >= 15 is 0 Å². The van der Waals surface area contributed by atoms with Crippen LogP contribution in [0.1, 0.15) is 53.3 Å². The van der Waals surface area contributed by atoms with Crippen LogP contribution < -0.4 is 11.1 Å². The van der Waals surface area contributed by atoms with Crippen molar-refractivity contribution in [3.8, 4) is 0 Å². The SMILES string of the molecule is CCOC(=O)c1c(NC(=O)C(C)n2c(N)nnc2SCC(=O)OC)oc(C)c1C(C)=O. The first-order valence-electron chi connectivity index (χ1n) is 9.14. The van der Waals surface area contributed by atoms with Crippen molar-refractivity contribution >= 4 is 47.2 Å². The number of nitrogens with zero attached hydrogens (tertiary/aromatic N) is 3. The number of Topliss-reactive ketones (excluding diaryl/α,β-unsaturated/α-hetero) is 1. The Kier molecular flexibility index (Phi) is 7.80. The van der Waals surface area contributed by atoms with Crippen molar-refractivity contribution < 1.29 is 33.1 Å². The summed E-state index contributed by atoms with van der Waals surface area (Å²) < 4.78 is 16.4. The van der Waals surface area contributed by atoms with Crippen LogP contribution in [0, 0.1) is 6.92 Å². The molecule has 0 aliphatic carbocycles. The summed E-state index contributed by atoms with van der Waals surface area (Å²) in [5.74, 6) is -2.49. The molecule has 0 spiro atoms. The van der Waals surface area contributed by atoms with E-state index in [2.05, 4.69) is 20.3 Å². The zero-order valence-corrected chi connectivity index (χ0v) is 18.5. The molecule has 2 aromatic heterocycles. The van der Waals surface area contributed by atoms with Gasteiger partial charge in [-0.25, -0.2) is 4.79 Å². The van der Waals surface area contributed by atoms with Gasteiger partial charge in [0.2, 0.25) is 17.7 Å². The van der Waals surface area contributed by atoms with Gasteiger partial charge in [-0.15, -0.1) is 10.2 Å². The van der Waals surface area contributed by atoms with Crippen LogP contribution in [0.25, 0.3) is 0 Å². The van der Waals surface area contributed by atoms with Crippen LogP contribution in [0.5, 0.6) is 0 Å². The third-order valence-electron chi connectivity index (χ3n) is 4.16. The minimum absolute atomic E-state index is 0.0273. The Morgan fingerprint density at radius 3 is 2.52 bits per heavy atom. The Balaban J connectivity index is 2.33. The van der Waals surface area contributed by atoms with Gasteiger partial charge in [0.25, 0.3) is 0 Å². The number of ketones is 1. The number of aryl methyl sites for hydroxylation is 1. The number of nitrogens with two attached hydrogens (primary N) is 1. The molecule has 2 aromatic rings. The number of furan rings is 1. The van der Waals surface area contributed by atoms with E-state index in [0.717, 1.165) is 11.8 Å². The third-order valence-corrected chi connectivity index (χ3v) is 5.07. The number of hydrogen-bond donors (Lipinski definition) is 2. The maximum Gasteiger partial charge on any atom is 0.344 e. The normalized spacial score (nSPS) is 11.6. The molecular formula is C18H23N5O7S. The number of anilines is 2. The molecule has 13 heteroatoms. The van der Waals surface area contributed by atoms with Gasteiger partial charge >= 0.3 is 11.9 Å². The quantitative estimate of drug-likeness (QED) is 0.321. The molecule has 2 rings (SSSR count). The summed E-state index contributed by atoms with van der Waals surface area (Å²) in [6.07, 6.45) is 0. The van der Waals surface area contributed by atoms with E-state index in [4.69, 9.17) is 14.9 Å². The summed E-state index contributed by atoms with van der Waals surface area (Å²) >= 11 is 0.990. The van der Waals surface area contributed by atoms with E-state index in [-0.39, 0.29) is 46.2 Å². The number of esters is 2. The molecule has 31 heavy (non-hydrogen) atoms. The van der Waals surface area contributed by atoms with E-state index in [1.165, 1.54) is 32.4 Å². The second kappa shape index (κ2) is 10.1. The number of ether oxygens (including phenoxy) is 2. The molecule has 0 saturated carbocycles. The lowest BCUT2D eigenvalue weighted by Gasteiger charge is -2.16. The zero-order chi connectivity index (χ0) is 23.3. The first-order valence-corrected chi connectivity index (χ1v) is 10.1. The van der Waals surface area contributed by atoms with Crippen molar-refractivity contribution in [1.29, 1.82) is 0 Å². The predicted molar refractivity (Wildman–Crippen MR) is 110 cm³/mol. The van der Waals surface area contributed by atoms with Crippen LogP contribution in [0.2, 0.25) is 0 Å². The van der Waals surface area contributed by atoms with Gasteiger partial charge in [0.15, 0.2) is 10.9 Å². The van der Waals surface area contributed by atoms with Crippen LogP contribution in [0.15, 0.2) is 9.57 Å². The number of nitrogens with one attached hydrogen (secondary N) is 1. The van der Waals surface area contributed by atoms with Crippen molar-refractivity contribution in [3.05, 3.63) is 16.9 Å². The maximum atomic E-state index is 12.9. The molecule has 1 amide bonds. The highest BCUT2D eigenvalue weighted by Crippen LogP contribution is 2.30. The van der Waals surface area contributed by atoms with Gasteiger partial charge in [0.05, 0.1) is 25.0 Å². The highest BCUT2D eigenvalue weighted by Gasteiger charge is 2.31. The molecular weight excluding hydrogens is 430 g/mol. The van der Waals surface area contributed by atoms with E-state index in [1.807, 2.05) is 0 Å². The fourth-order valence-electron chi connectivity index (χ4n) is 2.72. The number of amides is 1.